The first-order valence-electron chi connectivity index (χ1n) is 6.86. The molecule has 0 bridgehead atoms. The lowest BCUT2D eigenvalue weighted by molar-refractivity contribution is 0.411. The van der Waals surface area contributed by atoms with Crippen molar-refractivity contribution < 1.29 is 9.47 Å². The van der Waals surface area contributed by atoms with Gasteiger partial charge in [0.2, 0.25) is 0 Å². The van der Waals surface area contributed by atoms with Gasteiger partial charge in [-0.3, -0.25) is 0 Å². The van der Waals surface area contributed by atoms with E-state index in [4.69, 9.17) is 9.47 Å². The molecule has 0 fully saturated rings. The van der Waals surface area contributed by atoms with Crippen molar-refractivity contribution in [2.45, 2.75) is 12.5 Å². The van der Waals surface area contributed by atoms with Gasteiger partial charge in [-0.25, -0.2) is 0 Å². The zero-order valence-electron chi connectivity index (χ0n) is 11.8. The third-order valence-corrected chi connectivity index (χ3v) is 3.83. The molecule has 1 heterocycles. The molecule has 0 aliphatic carbocycles. The second kappa shape index (κ2) is 5.55. The van der Waals surface area contributed by atoms with Gasteiger partial charge in [0.05, 0.1) is 20.3 Å². The standard InChI is InChI=1S/C17H19NO2/c1-19-14-5-3-4-13(10-14)17-16-11-15(20-2)7-6-12(16)8-9-18-17/h3-7,10-11,17-18H,8-9H2,1-2H3. The average Bonchev–Trinajstić information content (AvgIpc) is 2.53. The van der Waals surface area contributed by atoms with E-state index in [1.807, 2.05) is 18.2 Å². The molecule has 1 aliphatic heterocycles. The Morgan fingerprint density at radius 1 is 1.00 bits per heavy atom. The van der Waals surface area contributed by atoms with Crippen LogP contribution in [0, 0.1) is 0 Å². The second-order valence-electron chi connectivity index (χ2n) is 4.98. The van der Waals surface area contributed by atoms with Crippen LogP contribution in [-0.4, -0.2) is 20.8 Å². The van der Waals surface area contributed by atoms with E-state index < -0.39 is 0 Å². The third kappa shape index (κ3) is 2.37. The molecule has 20 heavy (non-hydrogen) atoms. The highest BCUT2D eigenvalue weighted by Crippen LogP contribution is 2.32. The van der Waals surface area contributed by atoms with Crippen molar-refractivity contribution >= 4 is 0 Å². The number of benzene rings is 2. The van der Waals surface area contributed by atoms with E-state index in [2.05, 4.69) is 29.6 Å². The Hall–Kier alpha value is -2.00. The Bertz CT molecular complexity index is 610. The first-order valence-corrected chi connectivity index (χ1v) is 6.86. The lowest BCUT2D eigenvalue weighted by Crippen LogP contribution is -2.30. The summed E-state index contributed by atoms with van der Waals surface area (Å²) in [4.78, 5) is 0. The summed E-state index contributed by atoms with van der Waals surface area (Å²) in [5.41, 5.74) is 3.90. The van der Waals surface area contributed by atoms with Gasteiger partial charge in [0.15, 0.2) is 0 Å². The molecule has 0 radical (unpaired) electrons. The minimum Gasteiger partial charge on any atom is -0.497 e. The maximum Gasteiger partial charge on any atom is 0.119 e. The number of rotatable bonds is 3. The fourth-order valence-electron chi connectivity index (χ4n) is 2.78. The van der Waals surface area contributed by atoms with Crippen LogP contribution in [0.3, 0.4) is 0 Å². The summed E-state index contributed by atoms with van der Waals surface area (Å²) in [6.07, 6.45) is 1.06. The Morgan fingerprint density at radius 3 is 2.60 bits per heavy atom. The second-order valence-corrected chi connectivity index (χ2v) is 4.98. The van der Waals surface area contributed by atoms with E-state index in [0.29, 0.717) is 0 Å². The molecule has 2 aromatic rings. The molecule has 2 aromatic carbocycles. The molecular formula is C17H19NO2. The van der Waals surface area contributed by atoms with Gasteiger partial charge in [0.25, 0.3) is 0 Å². The molecule has 0 amide bonds. The number of hydrogen-bond acceptors (Lipinski definition) is 3. The maximum atomic E-state index is 5.36. The highest BCUT2D eigenvalue weighted by Gasteiger charge is 2.22. The summed E-state index contributed by atoms with van der Waals surface area (Å²) >= 11 is 0. The zero-order chi connectivity index (χ0) is 13.9. The molecule has 1 atom stereocenters. The minimum absolute atomic E-state index is 0.198. The summed E-state index contributed by atoms with van der Waals surface area (Å²) < 4.78 is 10.7. The van der Waals surface area contributed by atoms with Gasteiger partial charge in [0, 0.05) is 6.54 Å². The maximum absolute atomic E-state index is 5.36. The quantitative estimate of drug-likeness (QED) is 0.929. The molecule has 104 valence electrons. The van der Waals surface area contributed by atoms with Crippen molar-refractivity contribution in [1.82, 2.24) is 5.32 Å². The molecule has 1 unspecified atom stereocenters. The third-order valence-electron chi connectivity index (χ3n) is 3.83. The number of nitrogens with one attached hydrogen (secondary N) is 1. The fourth-order valence-corrected chi connectivity index (χ4v) is 2.78. The Morgan fingerprint density at radius 2 is 1.80 bits per heavy atom. The SMILES string of the molecule is COc1cccc(C2NCCc3ccc(OC)cc32)c1. The normalized spacial score (nSPS) is 17.4. The summed E-state index contributed by atoms with van der Waals surface area (Å²) in [5.74, 6) is 1.79. The van der Waals surface area contributed by atoms with E-state index >= 15 is 0 Å². The average molecular weight is 269 g/mol. The lowest BCUT2D eigenvalue weighted by Gasteiger charge is -2.28. The van der Waals surface area contributed by atoms with Crippen LogP contribution in [0.4, 0.5) is 0 Å². The molecule has 1 N–H and O–H groups in total. The molecule has 0 aromatic heterocycles. The van der Waals surface area contributed by atoms with Crippen LogP contribution >= 0.6 is 0 Å². The minimum atomic E-state index is 0.198. The lowest BCUT2D eigenvalue weighted by atomic mass is 9.89. The van der Waals surface area contributed by atoms with Gasteiger partial charge in [-0.15, -0.1) is 0 Å². The number of ether oxygens (including phenoxy) is 2. The van der Waals surface area contributed by atoms with Gasteiger partial charge in [0.1, 0.15) is 11.5 Å². The highest BCUT2D eigenvalue weighted by atomic mass is 16.5. The van der Waals surface area contributed by atoms with Crippen molar-refractivity contribution in [1.29, 1.82) is 0 Å². The number of methoxy groups -OCH3 is 2. The van der Waals surface area contributed by atoms with Crippen LogP contribution in [0.25, 0.3) is 0 Å². The zero-order valence-corrected chi connectivity index (χ0v) is 11.8. The van der Waals surface area contributed by atoms with Crippen molar-refractivity contribution in [3.05, 3.63) is 59.2 Å². The predicted octanol–water partition coefficient (Wildman–Crippen LogP) is 2.94. The fraction of sp³-hybridized carbons (Fsp3) is 0.294. The van der Waals surface area contributed by atoms with Crippen LogP contribution < -0.4 is 14.8 Å². The van der Waals surface area contributed by atoms with Crippen molar-refractivity contribution in [3.63, 3.8) is 0 Å². The molecule has 1 aliphatic rings. The molecule has 0 spiro atoms. The molecule has 3 heteroatoms. The van der Waals surface area contributed by atoms with Crippen LogP contribution in [-0.2, 0) is 6.42 Å². The van der Waals surface area contributed by atoms with E-state index in [9.17, 15) is 0 Å². The number of fused-ring (bicyclic) bond motifs is 1. The van der Waals surface area contributed by atoms with Crippen molar-refractivity contribution in [2.24, 2.45) is 0 Å². The van der Waals surface area contributed by atoms with Crippen LogP contribution in [0.2, 0.25) is 0 Å². The monoisotopic (exact) mass is 269 g/mol. The molecular weight excluding hydrogens is 250 g/mol. The van der Waals surface area contributed by atoms with Gasteiger partial charge >= 0.3 is 0 Å². The van der Waals surface area contributed by atoms with Gasteiger partial charge < -0.3 is 14.8 Å². The Balaban J connectivity index is 2.03. The Kier molecular flexibility index (Phi) is 3.61. The summed E-state index contributed by atoms with van der Waals surface area (Å²) in [5, 5.41) is 3.58. The molecule has 0 saturated heterocycles. The van der Waals surface area contributed by atoms with Gasteiger partial charge in [-0.1, -0.05) is 18.2 Å². The Labute approximate surface area is 119 Å². The topological polar surface area (TPSA) is 30.5 Å². The van der Waals surface area contributed by atoms with E-state index in [1.165, 1.54) is 16.7 Å². The van der Waals surface area contributed by atoms with Crippen LogP contribution in [0.5, 0.6) is 11.5 Å². The van der Waals surface area contributed by atoms with Crippen LogP contribution in [0.1, 0.15) is 22.7 Å². The van der Waals surface area contributed by atoms with E-state index in [1.54, 1.807) is 14.2 Å². The van der Waals surface area contributed by atoms with E-state index in [0.717, 1.165) is 24.5 Å². The van der Waals surface area contributed by atoms with E-state index in [-0.39, 0.29) is 6.04 Å². The molecule has 3 rings (SSSR count). The summed E-state index contributed by atoms with van der Waals surface area (Å²) in [7, 11) is 3.41. The van der Waals surface area contributed by atoms with Crippen molar-refractivity contribution in [2.75, 3.05) is 20.8 Å². The number of hydrogen-bond donors (Lipinski definition) is 1. The largest absolute Gasteiger partial charge is 0.497 e. The summed E-state index contributed by atoms with van der Waals surface area (Å²) in [6, 6.07) is 14.8. The predicted molar refractivity (Wildman–Crippen MR) is 79.5 cm³/mol. The van der Waals surface area contributed by atoms with Gasteiger partial charge in [-0.05, 0) is 47.4 Å². The summed E-state index contributed by atoms with van der Waals surface area (Å²) in [6.45, 7) is 0.987. The first kappa shape index (κ1) is 13.0. The van der Waals surface area contributed by atoms with Gasteiger partial charge in [-0.2, -0.15) is 0 Å². The molecule has 3 nitrogen and oxygen atoms in total. The van der Waals surface area contributed by atoms with Crippen LogP contribution in [0.15, 0.2) is 42.5 Å². The first-order chi connectivity index (χ1) is 9.81. The highest BCUT2D eigenvalue weighted by molar-refractivity contribution is 5.45. The van der Waals surface area contributed by atoms with Crippen molar-refractivity contribution in [3.8, 4) is 11.5 Å². The molecule has 0 saturated carbocycles. The smallest absolute Gasteiger partial charge is 0.119 e.